The molecule has 0 aliphatic heterocycles. The number of benzene rings is 1. The lowest BCUT2D eigenvalue weighted by Gasteiger charge is -2.17. The van der Waals surface area contributed by atoms with Crippen LogP contribution < -0.4 is 19.8 Å². The Bertz CT molecular complexity index is 1410. The molecular formula is C23H16ClF6N4O3+. The molecule has 7 nitrogen and oxygen atoms in total. The number of fused-ring (bicyclic) bond motifs is 1. The van der Waals surface area contributed by atoms with Crippen LogP contribution in [0.5, 0.6) is 0 Å². The summed E-state index contributed by atoms with van der Waals surface area (Å²) in [5, 5.41) is 11.4. The largest absolute Gasteiger partial charge is 0.542 e. The molecule has 0 saturated heterocycles. The van der Waals surface area contributed by atoms with Crippen LogP contribution in [0, 0.1) is 0 Å². The summed E-state index contributed by atoms with van der Waals surface area (Å²) in [4.78, 5) is 27.2. The van der Waals surface area contributed by atoms with Crippen LogP contribution in [0.4, 0.5) is 26.3 Å². The minimum absolute atomic E-state index is 0.0363. The third-order valence-corrected chi connectivity index (χ3v) is 5.04. The number of carboxylic acid groups (broad SMARTS) is 1. The molecule has 3 N–H and O–H groups in total. The molecule has 1 unspecified atom stereocenters. The smallest absolute Gasteiger partial charge is 0.430 e. The molecule has 0 aliphatic carbocycles. The molecule has 4 rings (SSSR count). The van der Waals surface area contributed by atoms with Gasteiger partial charge in [0, 0.05) is 22.7 Å². The molecule has 4 aromatic rings. The fraction of sp³-hybridized carbons (Fsp3) is 0.130. The number of rotatable bonds is 4. The van der Waals surface area contributed by atoms with E-state index in [0.29, 0.717) is 21.8 Å². The van der Waals surface area contributed by atoms with Crippen molar-refractivity contribution in [2.75, 3.05) is 0 Å². The van der Waals surface area contributed by atoms with Gasteiger partial charge in [-0.25, -0.2) is 9.97 Å². The van der Waals surface area contributed by atoms with E-state index in [-0.39, 0.29) is 11.5 Å². The van der Waals surface area contributed by atoms with Crippen molar-refractivity contribution in [3.8, 4) is 11.3 Å². The van der Waals surface area contributed by atoms with Crippen molar-refractivity contribution in [1.29, 1.82) is 0 Å². The lowest BCUT2D eigenvalue weighted by molar-refractivity contribution is -0.514. The molecule has 37 heavy (non-hydrogen) atoms. The number of hydrogen-bond donors (Lipinski definition) is 2. The quantitative estimate of drug-likeness (QED) is 0.304. The normalized spacial score (nSPS) is 12.4. The molecule has 0 aliphatic rings. The van der Waals surface area contributed by atoms with Crippen molar-refractivity contribution in [2.45, 2.75) is 18.4 Å². The zero-order valence-corrected chi connectivity index (χ0v) is 19.1. The topological polar surface area (TPSA) is 103 Å². The second kappa shape index (κ2) is 10.9. The number of carbonyl (C=O) groups excluding carboxylic acids is 2. The highest BCUT2D eigenvalue weighted by Gasteiger charge is 2.46. The van der Waals surface area contributed by atoms with Crippen LogP contribution in [0.1, 0.15) is 22.4 Å². The molecule has 194 valence electrons. The number of amides is 1. The van der Waals surface area contributed by atoms with E-state index >= 15 is 0 Å². The fourth-order valence-electron chi connectivity index (χ4n) is 3.24. The Morgan fingerprint density at radius 1 is 1.00 bits per heavy atom. The van der Waals surface area contributed by atoms with Crippen molar-refractivity contribution in [3.05, 3.63) is 89.6 Å². The lowest BCUT2D eigenvalue weighted by atomic mass is 10.1. The lowest BCUT2D eigenvalue weighted by Crippen LogP contribution is -2.44. The minimum Gasteiger partial charge on any atom is -0.542 e. The first-order valence-corrected chi connectivity index (χ1v) is 10.6. The van der Waals surface area contributed by atoms with E-state index in [1.807, 2.05) is 0 Å². The number of aromatic amines is 2. The van der Waals surface area contributed by atoms with Crippen LogP contribution in [-0.2, 0) is 4.79 Å². The molecule has 3 heterocycles. The number of pyridine rings is 2. The number of nitrogens with one attached hydrogen (secondary N) is 3. The van der Waals surface area contributed by atoms with E-state index < -0.39 is 30.3 Å². The summed E-state index contributed by atoms with van der Waals surface area (Å²) >= 11 is 6.07. The van der Waals surface area contributed by atoms with E-state index in [0.717, 1.165) is 0 Å². The average molecular weight is 546 g/mol. The number of carbonyl (C=O) groups is 2. The van der Waals surface area contributed by atoms with Gasteiger partial charge in [0.15, 0.2) is 17.4 Å². The standard InChI is InChI=1S/C21H14ClF3N4O.C2HF3O2/c22-14-7-5-6-13(12-14)17-16-9-2-4-11-29(16)19(27-17)20(30)28-18(21(23,24)25)15-8-1-3-10-26-15;3-2(4,5)1(6)7/h1-12,18H,(H,28,30);(H,6,7)/p+1. The first-order chi connectivity index (χ1) is 17.3. The molecule has 3 aromatic heterocycles. The second-order valence-electron chi connectivity index (χ2n) is 7.37. The number of aliphatic carboxylic acids is 1. The number of aromatic nitrogens is 3. The predicted molar refractivity (Wildman–Crippen MR) is 115 cm³/mol. The maximum atomic E-state index is 13.6. The van der Waals surface area contributed by atoms with Gasteiger partial charge < -0.3 is 15.2 Å². The van der Waals surface area contributed by atoms with Crippen molar-refractivity contribution >= 4 is 29.0 Å². The van der Waals surface area contributed by atoms with Crippen LogP contribution in [0.2, 0.25) is 5.02 Å². The van der Waals surface area contributed by atoms with Gasteiger partial charge in [-0.1, -0.05) is 35.9 Å². The van der Waals surface area contributed by atoms with Crippen molar-refractivity contribution in [1.82, 2.24) is 10.3 Å². The van der Waals surface area contributed by atoms with Crippen LogP contribution in [0.15, 0.2) is 73.1 Å². The molecule has 1 amide bonds. The molecule has 1 atom stereocenters. The number of carboxylic acids is 1. The van der Waals surface area contributed by atoms with Gasteiger partial charge in [0.1, 0.15) is 5.97 Å². The van der Waals surface area contributed by atoms with Gasteiger partial charge in [-0.2, -0.15) is 30.7 Å². The van der Waals surface area contributed by atoms with Gasteiger partial charge in [-0.3, -0.25) is 4.79 Å². The summed E-state index contributed by atoms with van der Waals surface area (Å²) in [6, 6.07) is 14.3. The van der Waals surface area contributed by atoms with Crippen molar-refractivity contribution in [3.63, 3.8) is 0 Å². The molecule has 0 saturated carbocycles. The zero-order chi connectivity index (χ0) is 27.4. The number of hydrogen-bond acceptors (Lipinski definition) is 3. The first-order valence-electron chi connectivity index (χ1n) is 10.2. The molecule has 0 fully saturated rings. The van der Waals surface area contributed by atoms with Crippen LogP contribution in [0.25, 0.3) is 16.8 Å². The SMILES string of the molecule is O=C(NC(c1cccc[nH+]1)C(F)(F)F)c1[nH]c(-c2cccc(Cl)c2)c2cccc[n+]12.O=C([O-])C(F)(F)F. The highest BCUT2D eigenvalue weighted by molar-refractivity contribution is 6.30. The summed E-state index contributed by atoms with van der Waals surface area (Å²) in [7, 11) is 0. The Hall–Kier alpha value is -4.13. The van der Waals surface area contributed by atoms with Gasteiger partial charge in [0.25, 0.3) is 0 Å². The second-order valence-corrected chi connectivity index (χ2v) is 7.80. The Balaban J connectivity index is 0.000000479. The van der Waals surface area contributed by atoms with Crippen LogP contribution in [-0.4, -0.2) is 29.2 Å². The van der Waals surface area contributed by atoms with E-state index in [1.165, 1.54) is 22.7 Å². The zero-order valence-electron chi connectivity index (χ0n) is 18.3. The Morgan fingerprint density at radius 3 is 2.24 bits per heavy atom. The van der Waals surface area contributed by atoms with Crippen LogP contribution in [0.3, 0.4) is 0 Å². The van der Waals surface area contributed by atoms with Gasteiger partial charge in [0.05, 0.1) is 6.20 Å². The average Bonchev–Trinajstić information content (AvgIpc) is 3.22. The summed E-state index contributed by atoms with van der Waals surface area (Å²) in [5.41, 5.74) is 1.72. The number of imidazole rings is 1. The summed E-state index contributed by atoms with van der Waals surface area (Å²) in [5.74, 6) is -3.94. The van der Waals surface area contributed by atoms with Gasteiger partial charge >= 0.3 is 24.1 Å². The maximum Gasteiger partial charge on any atom is 0.430 e. The molecule has 0 bridgehead atoms. The summed E-state index contributed by atoms with van der Waals surface area (Å²) in [6.45, 7) is 0. The highest BCUT2D eigenvalue weighted by Crippen LogP contribution is 2.31. The predicted octanol–water partition coefficient (Wildman–Crippen LogP) is 3.22. The number of halogens is 7. The van der Waals surface area contributed by atoms with Gasteiger partial charge in [-0.05, 0) is 24.3 Å². The third kappa shape index (κ3) is 6.76. The molecule has 14 heteroatoms. The van der Waals surface area contributed by atoms with E-state index in [2.05, 4.69) is 15.3 Å². The van der Waals surface area contributed by atoms with Gasteiger partial charge in [0.2, 0.25) is 11.7 Å². The van der Waals surface area contributed by atoms with Crippen molar-refractivity contribution < 1.29 is 50.4 Å². The van der Waals surface area contributed by atoms with Gasteiger partial charge in [-0.15, -0.1) is 0 Å². The summed E-state index contributed by atoms with van der Waals surface area (Å²) < 4.78 is 74.0. The highest BCUT2D eigenvalue weighted by atomic mass is 35.5. The fourth-order valence-corrected chi connectivity index (χ4v) is 3.43. The third-order valence-electron chi connectivity index (χ3n) is 4.81. The number of nitrogens with zero attached hydrogens (tertiary/aromatic N) is 1. The Labute approximate surface area is 209 Å². The van der Waals surface area contributed by atoms with E-state index in [4.69, 9.17) is 21.5 Å². The van der Waals surface area contributed by atoms with Crippen LogP contribution >= 0.6 is 11.6 Å². The Morgan fingerprint density at radius 2 is 1.68 bits per heavy atom. The molecule has 1 aromatic carbocycles. The van der Waals surface area contributed by atoms with E-state index in [9.17, 15) is 31.1 Å². The Kier molecular flexibility index (Phi) is 8.06. The molecule has 0 radical (unpaired) electrons. The monoisotopic (exact) mass is 545 g/mol. The first kappa shape index (κ1) is 27.5. The molecular weight excluding hydrogens is 530 g/mol. The summed E-state index contributed by atoms with van der Waals surface area (Å²) in [6.07, 6.45) is -6.90. The van der Waals surface area contributed by atoms with Crippen molar-refractivity contribution in [2.24, 2.45) is 0 Å². The van der Waals surface area contributed by atoms with E-state index in [1.54, 1.807) is 54.7 Å². The number of alkyl halides is 6. The molecule has 0 spiro atoms. The number of H-pyrrole nitrogens is 2. The maximum absolute atomic E-state index is 13.6. The minimum atomic E-state index is -5.19.